The van der Waals surface area contributed by atoms with Crippen molar-refractivity contribution in [3.8, 4) is 16.2 Å². The minimum Gasteiger partial charge on any atom is -0.496 e. The molecule has 0 saturated carbocycles. The SMILES string of the molecule is CNCc1ncsc1-c1cc(Cl)ccc1OC. The van der Waals surface area contributed by atoms with Gasteiger partial charge in [0.05, 0.1) is 23.2 Å². The number of nitrogens with zero attached hydrogens (tertiary/aromatic N) is 1. The second-order valence-electron chi connectivity index (χ2n) is 3.50. The first-order valence-electron chi connectivity index (χ1n) is 5.17. The number of rotatable bonds is 4. The lowest BCUT2D eigenvalue weighted by molar-refractivity contribution is 0.416. The zero-order valence-corrected chi connectivity index (χ0v) is 11.2. The van der Waals surface area contributed by atoms with Gasteiger partial charge in [0.15, 0.2) is 0 Å². The van der Waals surface area contributed by atoms with Crippen LogP contribution >= 0.6 is 22.9 Å². The van der Waals surface area contributed by atoms with Crippen molar-refractivity contribution in [2.24, 2.45) is 0 Å². The summed E-state index contributed by atoms with van der Waals surface area (Å²) >= 11 is 7.62. The van der Waals surface area contributed by atoms with E-state index in [-0.39, 0.29) is 0 Å². The summed E-state index contributed by atoms with van der Waals surface area (Å²) in [7, 11) is 3.56. The van der Waals surface area contributed by atoms with Crippen LogP contribution in [0.2, 0.25) is 5.02 Å². The van der Waals surface area contributed by atoms with Crippen molar-refractivity contribution in [3.05, 3.63) is 34.4 Å². The smallest absolute Gasteiger partial charge is 0.127 e. The molecule has 0 bridgehead atoms. The number of thiazole rings is 1. The lowest BCUT2D eigenvalue weighted by Gasteiger charge is -2.08. The number of halogens is 1. The summed E-state index contributed by atoms with van der Waals surface area (Å²) in [6, 6.07) is 5.61. The molecule has 0 spiro atoms. The normalized spacial score (nSPS) is 10.5. The number of nitrogens with one attached hydrogen (secondary N) is 1. The first-order valence-corrected chi connectivity index (χ1v) is 6.43. The van der Waals surface area contributed by atoms with Gasteiger partial charge in [0.1, 0.15) is 5.75 Å². The van der Waals surface area contributed by atoms with E-state index in [4.69, 9.17) is 16.3 Å². The number of hydrogen-bond donors (Lipinski definition) is 1. The average Bonchev–Trinajstić information content (AvgIpc) is 2.77. The van der Waals surface area contributed by atoms with E-state index in [1.54, 1.807) is 18.4 Å². The van der Waals surface area contributed by atoms with Crippen LogP contribution in [0.5, 0.6) is 5.75 Å². The summed E-state index contributed by atoms with van der Waals surface area (Å²) in [5, 5.41) is 3.80. The molecule has 3 nitrogen and oxygen atoms in total. The second-order valence-corrected chi connectivity index (χ2v) is 4.79. The van der Waals surface area contributed by atoms with Gasteiger partial charge < -0.3 is 10.1 Å². The van der Waals surface area contributed by atoms with Gasteiger partial charge in [-0.25, -0.2) is 4.98 Å². The molecule has 0 aliphatic rings. The van der Waals surface area contributed by atoms with Crippen molar-refractivity contribution in [1.29, 1.82) is 0 Å². The van der Waals surface area contributed by atoms with Crippen molar-refractivity contribution in [3.63, 3.8) is 0 Å². The molecule has 0 radical (unpaired) electrons. The lowest BCUT2D eigenvalue weighted by Crippen LogP contribution is -2.06. The fraction of sp³-hybridized carbons (Fsp3) is 0.250. The third-order valence-electron chi connectivity index (χ3n) is 2.39. The predicted octanol–water partition coefficient (Wildman–Crippen LogP) is 3.19. The Kier molecular flexibility index (Phi) is 3.99. The van der Waals surface area contributed by atoms with E-state index in [9.17, 15) is 0 Å². The van der Waals surface area contributed by atoms with Crippen LogP contribution in [-0.4, -0.2) is 19.1 Å². The molecule has 1 aromatic heterocycles. The highest BCUT2D eigenvalue weighted by Crippen LogP contribution is 2.36. The summed E-state index contributed by atoms with van der Waals surface area (Å²) in [5.41, 5.74) is 3.84. The van der Waals surface area contributed by atoms with Crippen molar-refractivity contribution in [2.75, 3.05) is 14.2 Å². The van der Waals surface area contributed by atoms with Crippen LogP contribution in [0, 0.1) is 0 Å². The van der Waals surface area contributed by atoms with Crippen molar-refractivity contribution < 1.29 is 4.74 Å². The fourth-order valence-corrected chi connectivity index (χ4v) is 2.64. The van der Waals surface area contributed by atoms with E-state index in [0.717, 1.165) is 28.4 Å². The Bertz CT molecular complexity index is 513. The number of benzene rings is 1. The number of methoxy groups -OCH3 is 1. The topological polar surface area (TPSA) is 34.2 Å². The van der Waals surface area contributed by atoms with Gasteiger partial charge in [-0.2, -0.15) is 0 Å². The highest BCUT2D eigenvalue weighted by atomic mass is 35.5. The zero-order chi connectivity index (χ0) is 12.3. The molecule has 2 rings (SSSR count). The van der Waals surface area contributed by atoms with Gasteiger partial charge in [-0.1, -0.05) is 11.6 Å². The first kappa shape index (κ1) is 12.4. The average molecular weight is 269 g/mol. The van der Waals surface area contributed by atoms with E-state index >= 15 is 0 Å². The van der Waals surface area contributed by atoms with Gasteiger partial charge in [0.2, 0.25) is 0 Å². The quantitative estimate of drug-likeness (QED) is 0.925. The molecule has 0 saturated heterocycles. The van der Waals surface area contributed by atoms with Crippen LogP contribution in [0.15, 0.2) is 23.7 Å². The maximum Gasteiger partial charge on any atom is 0.127 e. The largest absolute Gasteiger partial charge is 0.496 e. The van der Waals surface area contributed by atoms with Crippen molar-refractivity contribution in [1.82, 2.24) is 10.3 Å². The Morgan fingerprint density at radius 1 is 1.47 bits per heavy atom. The van der Waals surface area contributed by atoms with Gasteiger partial charge >= 0.3 is 0 Å². The Labute approximate surface area is 109 Å². The fourth-order valence-electron chi connectivity index (χ4n) is 1.64. The van der Waals surface area contributed by atoms with E-state index in [1.165, 1.54) is 0 Å². The lowest BCUT2D eigenvalue weighted by atomic mass is 10.1. The van der Waals surface area contributed by atoms with Crippen molar-refractivity contribution in [2.45, 2.75) is 6.54 Å². The summed E-state index contributed by atoms with van der Waals surface area (Å²) in [5.74, 6) is 0.816. The van der Waals surface area contributed by atoms with Gasteiger partial charge in [0.25, 0.3) is 0 Å². The van der Waals surface area contributed by atoms with Gasteiger partial charge in [-0.15, -0.1) is 11.3 Å². The predicted molar refractivity (Wildman–Crippen MR) is 71.9 cm³/mol. The van der Waals surface area contributed by atoms with Crippen LogP contribution in [-0.2, 0) is 6.54 Å². The summed E-state index contributed by atoms with van der Waals surface area (Å²) in [6.07, 6.45) is 0. The van der Waals surface area contributed by atoms with Crippen LogP contribution in [0.3, 0.4) is 0 Å². The van der Waals surface area contributed by atoms with Gasteiger partial charge in [-0.05, 0) is 25.2 Å². The molecule has 2 aromatic rings. The Morgan fingerprint density at radius 3 is 3.00 bits per heavy atom. The summed E-state index contributed by atoms with van der Waals surface area (Å²) < 4.78 is 5.36. The third kappa shape index (κ3) is 2.60. The molecule has 90 valence electrons. The molecular weight excluding hydrogens is 256 g/mol. The highest BCUT2D eigenvalue weighted by Gasteiger charge is 2.13. The molecule has 0 aliphatic carbocycles. The molecule has 5 heteroatoms. The van der Waals surface area contributed by atoms with Crippen LogP contribution in [0.1, 0.15) is 5.69 Å². The Morgan fingerprint density at radius 2 is 2.29 bits per heavy atom. The molecule has 1 heterocycles. The van der Waals surface area contributed by atoms with E-state index in [1.807, 2.05) is 30.8 Å². The number of ether oxygens (including phenoxy) is 1. The molecule has 0 atom stereocenters. The molecule has 0 amide bonds. The minimum atomic E-state index is 0.699. The van der Waals surface area contributed by atoms with E-state index < -0.39 is 0 Å². The molecule has 1 aromatic carbocycles. The molecule has 0 aliphatic heterocycles. The summed E-state index contributed by atoms with van der Waals surface area (Å²) in [6.45, 7) is 0.731. The van der Waals surface area contributed by atoms with Crippen LogP contribution < -0.4 is 10.1 Å². The summed E-state index contributed by atoms with van der Waals surface area (Å²) in [4.78, 5) is 5.44. The monoisotopic (exact) mass is 268 g/mol. The maximum atomic E-state index is 6.03. The first-order chi connectivity index (χ1) is 8.26. The zero-order valence-electron chi connectivity index (χ0n) is 9.66. The van der Waals surface area contributed by atoms with Gasteiger partial charge in [-0.3, -0.25) is 0 Å². The molecule has 0 fully saturated rings. The maximum absolute atomic E-state index is 6.03. The van der Waals surface area contributed by atoms with E-state index in [0.29, 0.717) is 5.02 Å². The Hall–Kier alpha value is -1.10. The highest BCUT2D eigenvalue weighted by molar-refractivity contribution is 7.13. The number of hydrogen-bond acceptors (Lipinski definition) is 4. The molecule has 0 unspecified atom stereocenters. The molecule has 1 N–H and O–H groups in total. The Balaban J connectivity index is 2.51. The third-order valence-corrected chi connectivity index (χ3v) is 3.53. The van der Waals surface area contributed by atoms with Crippen molar-refractivity contribution >= 4 is 22.9 Å². The van der Waals surface area contributed by atoms with E-state index in [2.05, 4.69) is 10.3 Å². The van der Waals surface area contributed by atoms with Crippen LogP contribution in [0.4, 0.5) is 0 Å². The molecule has 17 heavy (non-hydrogen) atoms. The molecular formula is C12H13ClN2OS. The number of aromatic nitrogens is 1. The standard InChI is InChI=1S/C12H13ClN2OS/c1-14-6-10-12(17-7-15-10)9-5-8(13)3-4-11(9)16-2/h3-5,7,14H,6H2,1-2H3. The minimum absolute atomic E-state index is 0.699. The van der Waals surface area contributed by atoms with Gasteiger partial charge in [0, 0.05) is 17.1 Å². The second kappa shape index (κ2) is 5.49. The van der Waals surface area contributed by atoms with Crippen LogP contribution in [0.25, 0.3) is 10.4 Å².